The normalized spacial score (nSPS) is 27.2. The Morgan fingerprint density at radius 2 is 2.05 bits per heavy atom. The number of nitrogens with zero attached hydrogens (tertiary/aromatic N) is 5. The molecule has 208 valence electrons. The van der Waals surface area contributed by atoms with Gasteiger partial charge < -0.3 is 30.8 Å². The number of hydrogen-bond acceptors (Lipinski definition) is 12. The Balaban J connectivity index is 1.26. The summed E-state index contributed by atoms with van der Waals surface area (Å²) in [5, 5.41) is 35.5. The number of nitro groups is 1. The summed E-state index contributed by atoms with van der Waals surface area (Å²) < 4.78 is 32.7. The molecule has 5 N–H and O–H groups in total. The van der Waals surface area contributed by atoms with Gasteiger partial charge in [0, 0.05) is 12.7 Å². The summed E-state index contributed by atoms with van der Waals surface area (Å²) in [5.74, 6) is -3.12. The highest BCUT2D eigenvalue weighted by Gasteiger charge is 2.76. The van der Waals surface area contributed by atoms with Gasteiger partial charge in [0.1, 0.15) is 36.5 Å². The Morgan fingerprint density at radius 1 is 1.31 bits per heavy atom. The second kappa shape index (κ2) is 10.2. The van der Waals surface area contributed by atoms with Crippen molar-refractivity contribution in [1.29, 1.82) is 0 Å². The SMILES string of the molecule is Cn1c(COP(=O)(NCc2ccccc2)OC[C@H]2OC3(O)C(C2O)[C@@H]3n2ccc(N)nc2=O)cnc1[N+](=O)[O-]. The number of anilines is 1. The van der Waals surface area contributed by atoms with E-state index < -0.39 is 60.9 Å². The quantitative estimate of drug-likeness (QED) is 0.139. The lowest BCUT2D eigenvalue weighted by Crippen LogP contribution is -2.36. The zero-order chi connectivity index (χ0) is 27.9. The highest BCUT2D eigenvalue weighted by molar-refractivity contribution is 7.51. The molecule has 1 saturated heterocycles. The maximum absolute atomic E-state index is 13.6. The number of benzene rings is 1. The molecule has 2 fully saturated rings. The number of nitrogen functional groups attached to an aromatic ring is 1. The number of aliphatic hydroxyl groups is 2. The molecule has 17 heteroatoms. The van der Waals surface area contributed by atoms with E-state index >= 15 is 0 Å². The van der Waals surface area contributed by atoms with E-state index in [-0.39, 0.29) is 24.7 Å². The van der Waals surface area contributed by atoms with E-state index in [1.165, 1.54) is 30.1 Å². The Kier molecular flexibility index (Phi) is 7.11. The molecule has 1 aliphatic carbocycles. The Morgan fingerprint density at radius 3 is 2.67 bits per heavy atom. The van der Waals surface area contributed by atoms with Gasteiger partial charge in [0.2, 0.25) is 0 Å². The van der Waals surface area contributed by atoms with Gasteiger partial charge in [0.15, 0.2) is 5.79 Å². The van der Waals surface area contributed by atoms with Crippen LogP contribution in [0.25, 0.3) is 0 Å². The summed E-state index contributed by atoms with van der Waals surface area (Å²) in [6.45, 7) is -0.683. The molecule has 3 heterocycles. The van der Waals surface area contributed by atoms with E-state index in [9.17, 15) is 29.7 Å². The van der Waals surface area contributed by atoms with E-state index in [0.717, 1.165) is 10.1 Å². The standard InChI is InChI=1S/C22H26N7O9P/c1-27-14(10-24-20(27)29(33)34)11-36-39(35,25-9-13-5-3-2-4-6-13)37-12-15-18(30)17-19(22(17,32)38-15)28-8-7-16(23)26-21(28)31/h2-8,10,15,17-19,30,32H,9,11-12H2,1H3,(H,25,35)(H2,23,26,31)/t15-,17?,18?,19+,22?,39?/m1/s1. The van der Waals surface area contributed by atoms with Crippen molar-refractivity contribution in [1.82, 2.24) is 24.2 Å². The van der Waals surface area contributed by atoms with Crippen LogP contribution < -0.4 is 16.5 Å². The lowest BCUT2D eigenvalue weighted by molar-refractivity contribution is -0.396. The zero-order valence-electron chi connectivity index (χ0n) is 20.6. The van der Waals surface area contributed by atoms with Crippen LogP contribution >= 0.6 is 7.75 Å². The Bertz CT molecular complexity index is 1480. The molecule has 0 amide bonds. The largest absolute Gasteiger partial charge is 0.434 e. The monoisotopic (exact) mass is 563 g/mol. The van der Waals surface area contributed by atoms with Crippen molar-refractivity contribution in [2.24, 2.45) is 13.0 Å². The van der Waals surface area contributed by atoms with Crippen molar-refractivity contribution in [2.75, 3.05) is 12.3 Å². The minimum absolute atomic E-state index is 0.0151. The van der Waals surface area contributed by atoms with Crippen LogP contribution in [0.5, 0.6) is 0 Å². The third-order valence-electron chi connectivity index (χ3n) is 6.71. The summed E-state index contributed by atoms with van der Waals surface area (Å²) in [6, 6.07) is 9.51. The second-order valence-electron chi connectivity index (χ2n) is 9.16. The van der Waals surface area contributed by atoms with Crippen LogP contribution in [0.15, 0.2) is 53.6 Å². The fraction of sp³-hybridized carbons (Fsp3) is 0.409. The molecule has 6 atom stereocenters. The van der Waals surface area contributed by atoms with Crippen molar-refractivity contribution in [3.8, 4) is 0 Å². The first kappa shape index (κ1) is 27.1. The fourth-order valence-corrected chi connectivity index (χ4v) is 5.88. The average Bonchev–Trinajstić information content (AvgIpc) is 3.16. The smallest absolute Gasteiger partial charge is 0.390 e. The Hall–Kier alpha value is -3.50. The molecular weight excluding hydrogens is 537 g/mol. The van der Waals surface area contributed by atoms with Gasteiger partial charge in [0.05, 0.1) is 25.7 Å². The van der Waals surface area contributed by atoms with Gasteiger partial charge in [-0.15, -0.1) is 0 Å². The fourth-order valence-electron chi connectivity index (χ4n) is 4.60. The third kappa shape index (κ3) is 5.23. The lowest BCUT2D eigenvalue weighted by Gasteiger charge is -2.25. The van der Waals surface area contributed by atoms with Crippen LogP contribution in [0.2, 0.25) is 0 Å². The molecule has 0 spiro atoms. The molecular formula is C22H26N7O9P. The predicted octanol–water partition coefficient (Wildman–Crippen LogP) is 0.218. The van der Waals surface area contributed by atoms with Gasteiger partial charge in [-0.1, -0.05) is 35.3 Å². The van der Waals surface area contributed by atoms with Crippen LogP contribution in [-0.4, -0.2) is 58.8 Å². The zero-order valence-corrected chi connectivity index (χ0v) is 21.5. The molecule has 1 aromatic carbocycles. The first-order valence-corrected chi connectivity index (χ1v) is 13.3. The molecule has 2 aromatic heterocycles. The summed E-state index contributed by atoms with van der Waals surface area (Å²) in [7, 11) is -2.67. The Labute approximate surface area is 220 Å². The van der Waals surface area contributed by atoms with Crippen molar-refractivity contribution < 1.29 is 33.5 Å². The minimum Gasteiger partial charge on any atom is -0.390 e. The number of aliphatic hydroxyl groups excluding tert-OH is 1. The first-order chi connectivity index (χ1) is 18.5. The van der Waals surface area contributed by atoms with Crippen LogP contribution in [-0.2, 0) is 38.5 Å². The number of nitrogens with one attached hydrogen (secondary N) is 1. The van der Waals surface area contributed by atoms with Gasteiger partial charge in [-0.2, -0.15) is 4.98 Å². The highest BCUT2D eigenvalue weighted by Crippen LogP contribution is 2.62. The number of imidazole rings is 1. The topological polar surface area (TPSA) is 219 Å². The van der Waals surface area contributed by atoms with E-state index in [1.807, 2.05) is 6.07 Å². The molecule has 2 aliphatic rings. The van der Waals surface area contributed by atoms with Crippen molar-refractivity contribution in [3.63, 3.8) is 0 Å². The van der Waals surface area contributed by atoms with Gasteiger partial charge in [0.25, 0.3) is 0 Å². The van der Waals surface area contributed by atoms with E-state index in [1.54, 1.807) is 24.3 Å². The molecule has 16 nitrogen and oxygen atoms in total. The van der Waals surface area contributed by atoms with E-state index in [4.69, 9.17) is 19.5 Å². The van der Waals surface area contributed by atoms with Crippen LogP contribution in [0.4, 0.5) is 11.8 Å². The van der Waals surface area contributed by atoms with Crippen molar-refractivity contribution in [2.45, 2.75) is 37.2 Å². The molecule has 0 radical (unpaired) electrons. The van der Waals surface area contributed by atoms with Crippen molar-refractivity contribution in [3.05, 3.63) is 80.6 Å². The number of nitrogens with two attached hydrogens (primary N) is 1. The summed E-state index contributed by atoms with van der Waals surface area (Å²) >= 11 is 0. The second-order valence-corrected chi connectivity index (χ2v) is 11.0. The summed E-state index contributed by atoms with van der Waals surface area (Å²) in [5.41, 5.74) is 5.85. The number of aromatic nitrogens is 4. The molecule has 5 rings (SSSR count). The van der Waals surface area contributed by atoms with Crippen molar-refractivity contribution >= 4 is 19.5 Å². The third-order valence-corrected chi connectivity index (χ3v) is 8.21. The van der Waals surface area contributed by atoms with Crippen LogP contribution in [0, 0.1) is 16.0 Å². The van der Waals surface area contributed by atoms with Crippen LogP contribution in [0.3, 0.4) is 0 Å². The van der Waals surface area contributed by atoms with Gasteiger partial charge in [-0.25, -0.2) is 19.0 Å². The van der Waals surface area contributed by atoms with Gasteiger partial charge in [-0.3, -0.25) is 13.6 Å². The summed E-state index contributed by atoms with van der Waals surface area (Å²) in [4.78, 5) is 29.9. The minimum atomic E-state index is -4.09. The first-order valence-electron chi connectivity index (χ1n) is 11.8. The average molecular weight is 563 g/mol. The number of ether oxygens (including phenoxy) is 1. The molecule has 0 bridgehead atoms. The molecule has 1 saturated carbocycles. The lowest BCUT2D eigenvalue weighted by atomic mass is 10.1. The number of fused-ring (bicyclic) bond motifs is 1. The summed E-state index contributed by atoms with van der Waals surface area (Å²) in [6.07, 6.45) is 0.209. The van der Waals surface area contributed by atoms with Gasteiger partial charge in [-0.05, 0) is 16.6 Å². The predicted molar refractivity (Wildman–Crippen MR) is 133 cm³/mol. The number of rotatable bonds is 11. The molecule has 1 aliphatic heterocycles. The van der Waals surface area contributed by atoms with Gasteiger partial charge >= 0.3 is 19.4 Å². The number of hydrogen-bond donors (Lipinski definition) is 4. The maximum atomic E-state index is 13.6. The molecule has 4 unspecified atom stereocenters. The molecule has 3 aromatic rings. The molecule has 39 heavy (non-hydrogen) atoms. The van der Waals surface area contributed by atoms with E-state index in [2.05, 4.69) is 15.1 Å². The van der Waals surface area contributed by atoms with Crippen LogP contribution in [0.1, 0.15) is 17.3 Å². The highest BCUT2D eigenvalue weighted by atomic mass is 31.2. The van der Waals surface area contributed by atoms with E-state index in [0.29, 0.717) is 0 Å². The maximum Gasteiger partial charge on any atom is 0.434 e.